The molecule has 116 valence electrons. The first-order valence-electron chi connectivity index (χ1n) is 7.22. The number of nitrogens with one attached hydrogen (secondary N) is 1. The van der Waals surface area contributed by atoms with Gasteiger partial charge < -0.3 is 9.73 Å². The van der Waals surface area contributed by atoms with Gasteiger partial charge in [0.25, 0.3) is 5.91 Å². The van der Waals surface area contributed by atoms with Crippen LogP contribution in [0.4, 0.5) is 0 Å². The molecule has 0 saturated heterocycles. The topological polar surface area (TPSA) is 76.4 Å². The highest BCUT2D eigenvalue weighted by atomic mass is 32.2. The molecule has 0 atom stereocenters. The molecule has 22 heavy (non-hydrogen) atoms. The predicted octanol–water partition coefficient (Wildman–Crippen LogP) is 1.97. The number of furan rings is 1. The summed E-state index contributed by atoms with van der Waals surface area (Å²) in [6.45, 7) is 0.477. The van der Waals surface area contributed by atoms with Gasteiger partial charge in [0, 0.05) is 6.54 Å². The van der Waals surface area contributed by atoms with Crippen LogP contribution < -0.4 is 5.32 Å². The average molecular weight is 319 g/mol. The van der Waals surface area contributed by atoms with Gasteiger partial charge in [-0.25, -0.2) is 8.42 Å². The summed E-state index contributed by atoms with van der Waals surface area (Å²) in [6, 6.07) is 8.72. The maximum Gasteiger partial charge on any atom is 0.286 e. The van der Waals surface area contributed by atoms with E-state index in [0.29, 0.717) is 24.3 Å². The van der Waals surface area contributed by atoms with Crippen molar-refractivity contribution in [3.63, 3.8) is 0 Å². The maximum absolute atomic E-state index is 12.0. The lowest BCUT2D eigenvalue weighted by atomic mass is 10.0. The van der Waals surface area contributed by atoms with Crippen molar-refractivity contribution < 1.29 is 17.6 Å². The number of sulfone groups is 1. The fourth-order valence-electron chi connectivity index (χ4n) is 2.66. The summed E-state index contributed by atoms with van der Waals surface area (Å²) in [4.78, 5) is 12.2. The second kappa shape index (κ2) is 5.96. The largest absolute Gasteiger partial charge is 0.459 e. The summed E-state index contributed by atoms with van der Waals surface area (Å²) in [5.74, 6) is 0.278. The van der Waals surface area contributed by atoms with Crippen LogP contribution in [0.1, 0.15) is 28.1 Å². The molecule has 6 heteroatoms. The standard InChI is InChI=1S/C16H17NO4S/c18-16(14-4-1-9-21-14)17-8-7-12-5-6-15-13(11-12)3-2-10-22(15,19)20/h1,4-6,9,11H,2-3,7-8,10H2,(H,17,18). The Balaban J connectivity index is 1.63. The van der Waals surface area contributed by atoms with Gasteiger partial charge in [-0.05, 0) is 48.6 Å². The van der Waals surface area contributed by atoms with Crippen molar-refractivity contribution in [2.24, 2.45) is 0 Å². The molecule has 2 aromatic rings. The summed E-state index contributed by atoms with van der Waals surface area (Å²) in [5.41, 5.74) is 1.91. The summed E-state index contributed by atoms with van der Waals surface area (Å²) < 4.78 is 28.9. The smallest absolute Gasteiger partial charge is 0.286 e. The Morgan fingerprint density at radius 2 is 2.14 bits per heavy atom. The molecular weight excluding hydrogens is 302 g/mol. The summed E-state index contributed by atoms with van der Waals surface area (Å²) >= 11 is 0. The molecule has 0 radical (unpaired) electrons. The summed E-state index contributed by atoms with van der Waals surface area (Å²) in [5, 5.41) is 2.78. The first-order chi connectivity index (χ1) is 10.6. The third-order valence-electron chi connectivity index (χ3n) is 3.76. The fraction of sp³-hybridized carbons (Fsp3) is 0.312. The van der Waals surface area contributed by atoms with Crippen LogP contribution >= 0.6 is 0 Å². The fourth-order valence-corrected chi connectivity index (χ4v) is 4.25. The number of benzene rings is 1. The zero-order chi connectivity index (χ0) is 15.6. The zero-order valence-corrected chi connectivity index (χ0v) is 12.9. The Bertz CT molecular complexity index is 778. The van der Waals surface area contributed by atoms with Gasteiger partial charge in [-0.3, -0.25) is 4.79 Å². The van der Waals surface area contributed by atoms with Crippen molar-refractivity contribution in [2.45, 2.75) is 24.2 Å². The Morgan fingerprint density at radius 1 is 1.27 bits per heavy atom. The highest BCUT2D eigenvalue weighted by Gasteiger charge is 2.23. The molecule has 0 bridgehead atoms. The number of carbonyl (C=O) groups excluding carboxylic acids is 1. The van der Waals surface area contributed by atoms with Gasteiger partial charge in [-0.2, -0.15) is 0 Å². The SMILES string of the molecule is O=C(NCCc1ccc2c(c1)CCCS2(=O)=O)c1ccco1. The Labute approximate surface area is 129 Å². The van der Waals surface area contributed by atoms with Crippen LogP contribution in [-0.2, 0) is 22.7 Å². The minimum absolute atomic E-state index is 0.235. The monoisotopic (exact) mass is 319 g/mol. The molecular formula is C16H17NO4S. The number of carbonyl (C=O) groups is 1. The lowest BCUT2D eigenvalue weighted by Gasteiger charge is -2.17. The number of fused-ring (bicyclic) bond motifs is 1. The van der Waals surface area contributed by atoms with E-state index in [1.165, 1.54) is 6.26 Å². The van der Waals surface area contributed by atoms with Crippen LogP contribution in [0.5, 0.6) is 0 Å². The van der Waals surface area contributed by atoms with Gasteiger partial charge in [-0.15, -0.1) is 0 Å². The van der Waals surface area contributed by atoms with E-state index < -0.39 is 9.84 Å². The van der Waals surface area contributed by atoms with Crippen LogP contribution in [0.2, 0.25) is 0 Å². The van der Waals surface area contributed by atoms with Crippen molar-refractivity contribution in [2.75, 3.05) is 12.3 Å². The molecule has 1 aromatic heterocycles. The molecule has 0 aliphatic carbocycles. The molecule has 5 nitrogen and oxygen atoms in total. The van der Waals surface area contributed by atoms with Crippen LogP contribution in [-0.4, -0.2) is 26.6 Å². The second-order valence-corrected chi connectivity index (χ2v) is 7.43. The number of hydrogen-bond acceptors (Lipinski definition) is 4. The Hall–Kier alpha value is -2.08. The third kappa shape index (κ3) is 3.06. The average Bonchev–Trinajstić information content (AvgIpc) is 3.01. The normalized spacial score (nSPS) is 16.0. The van der Waals surface area contributed by atoms with Crippen molar-refractivity contribution in [3.8, 4) is 0 Å². The molecule has 1 amide bonds. The van der Waals surface area contributed by atoms with Crippen molar-refractivity contribution in [3.05, 3.63) is 53.5 Å². The molecule has 0 saturated carbocycles. The Morgan fingerprint density at radius 3 is 2.91 bits per heavy atom. The van der Waals surface area contributed by atoms with Crippen molar-refractivity contribution in [1.82, 2.24) is 5.32 Å². The number of hydrogen-bond donors (Lipinski definition) is 1. The molecule has 1 N–H and O–H groups in total. The minimum atomic E-state index is -3.10. The molecule has 1 aliphatic heterocycles. The number of aryl methyl sites for hydroxylation is 1. The van der Waals surface area contributed by atoms with Gasteiger partial charge in [0.15, 0.2) is 15.6 Å². The van der Waals surface area contributed by atoms with E-state index in [9.17, 15) is 13.2 Å². The quantitative estimate of drug-likeness (QED) is 0.935. The second-order valence-electron chi connectivity index (χ2n) is 5.35. The predicted molar refractivity (Wildman–Crippen MR) is 81.6 cm³/mol. The van der Waals surface area contributed by atoms with Crippen LogP contribution in [0.15, 0.2) is 45.9 Å². The first kappa shape index (κ1) is 14.8. The lowest BCUT2D eigenvalue weighted by molar-refractivity contribution is 0.0926. The Kier molecular flexibility index (Phi) is 4.02. The van der Waals surface area contributed by atoms with E-state index in [2.05, 4.69) is 5.32 Å². The van der Waals surface area contributed by atoms with Gasteiger partial charge in [0.1, 0.15) is 0 Å². The molecule has 1 aliphatic rings. The third-order valence-corrected chi connectivity index (χ3v) is 5.66. The van der Waals surface area contributed by atoms with E-state index >= 15 is 0 Å². The molecule has 0 fully saturated rings. The molecule has 1 aromatic carbocycles. The van der Waals surface area contributed by atoms with Crippen LogP contribution in [0.3, 0.4) is 0 Å². The highest BCUT2D eigenvalue weighted by molar-refractivity contribution is 7.91. The number of amides is 1. The maximum atomic E-state index is 12.0. The van der Waals surface area contributed by atoms with Gasteiger partial charge >= 0.3 is 0 Å². The van der Waals surface area contributed by atoms with Gasteiger partial charge in [0.2, 0.25) is 0 Å². The van der Waals surface area contributed by atoms with Crippen molar-refractivity contribution >= 4 is 15.7 Å². The van der Waals surface area contributed by atoms with Gasteiger partial charge in [-0.1, -0.05) is 12.1 Å². The minimum Gasteiger partial charge on any atom is -0.459 e. The van der Waals surface area contributed by atoms with Crippen LogP contribution in [0.25, 0.3) is 0 Å². The zero-order valence-electron chi connectivity index (χ0n) is 12.0. The van der Waals surface area contributed by atoms with E-state index in [1.807, 2.05) is 12.1 Å². The molecule has 0 unspecified atom stereocenters. The van der Waals surface area contributed by atoms with Gasteiger partial charge in [0.05, 0.1) is 16.9 Å². The van der Waals surface area contributed by atoms with Crippen LogP contribution in [0, 0.1) is 0 Å². The molecule has 2 heterocycles. The molecule has 0 spiro atoms. The molecule has 3 rings (SSSR count). The van der Waals surface area contributed by atoms with Crippen molar-refractivity contribution in [1.29, 1.82) is 0 Å². The summed E-state index contributed by atoms with van der Waals surface area (Å²) in [6.07, 6.45) is 3.58. The van der Waals surface area contributed by atoms with E-state index in [4.69, 9.17) is 4.42 Å². The lowest BCUT2D eigenvalue weighted by Crippen LogP contribution is -2.25. The highest BCUT2D eigenvalue weighted by Crippen LogP contribution is 2.25. The van der Waals surface area contributed by atoms with E-state index in [0.717, 1.165) is 17.5 Å². The first-order valence-corrected chi connectivity index (χ1v) is 8.88. The van der Waals surface area contributed by atoms with E-state index in [-0.39, 0.29) is 17.4 Å². The summed E-state index contributed by atoms with van der Waals surface area (Å²) in [7, 11) is -3.10. The van der Waals surface area contributed by atoms with E-state index in [1.54, 1.807) is 18.2 Å². The number of rotatable bonds is 4.